The fraction of sp³-hybridized carbons (Fsp3) is 0.943. The molecule has 0 heterocycles. The molecule has 10 heteroatoms. The second-order valence-electron chi connectivity index (χ2n) is 18.6. The zero-order chi connectivity index (χ0) is 46.0. The lowest BCUT2D eigenvalue weighted by atomic mass is 10.0. The predicted octanol–water partition coefficient (Wildman–Crippen LogP) is 16.0. The Kier molecular flexibility index (Phi) is 50.0. The van der Waals surface area contributed by atoms with E-state index in [1.165, 1.54) is 225 Å². The summed E-state index contributed by atoms with van der Waals surface area (Å²) in [6.07, 6.45) is 54.7. The topological polar surface area (TPSA) is 132 Å². The van der Waals surface area contributed by atoms with Gasteiger partial charge in [0.15, 0.2) is 0 Å². The van der Waals surface area contributed by atoms with Gasteiger partial charge in [-0.05, 0) is 38.5 Å². The molecule has 0 spiro atoms. The Morgan fingerprint density at radius 3 is 1.19 bits per heavy atom. The summed E-state index contributed by atoms with van der Waals surface area (Å²) in [5.41, 5.74) is 0. The maximum Gasteiger partial charge on any atom is 0.472 e. The number of ether oxygens (including phenoxy) is 2. The number of hydrogen-bond acceptors (Lipinski definition) is 8. The van der Waals surface area contributed by atoms with Gasteiger partial charge >= 0.3 is 13.8 Å². The standard InChI is InChI=1S/C53H105O9P/c1-3-5-7-9-11-13-15-17-19-21-23-24-25-26-27-28-30-32-34-36-38-40-42-44-46-59-49-52(50-61-63(57,58)60-48-51(55)47-54)62-53(56)45-43-41-39-37-35-33-31-29-22-20-18-16-14-12-10-8-6-4-2/h21,23,51-52,54-55H,3-20,22,24-50H2,1-2H3,(H,57,58)/b23-21-. The van der Waals surface area contributed by atoms with Crippen molar-refractivity contribution in [1.29, 1.82) is 0 Å². The van der Waals surface area contributed by atoms with Crippen molar-refractivity contribution < 1.29 is 43.0 Å². The monoisotopic (exact) mass is 917 g/mol. The van der Waals surface area contributed by atoms with E-state index in [4.69, 9.17) is 23.6 Å². The number of hydrogen-bond donors (Lipinski definition) is 3. The molecule has 0 aliphatic heterocycles. The molecule has 3 atom stereocenters. The van der Waals surface area contributed by atoms with Crippen LogP contribution in [0.3, 0.4) is 0 Å². The molecule has 0 bridgehead atoms. The van der Waals surface area contributed by atoms with E-state index in [-0.39, 0.29) is 25.6 Å². The number of carbonyl (C=O) groups is 1. The fourth-order valence-corrected chi connectivity index (χ4v) is 8.85. The van der Waals surface area contributed by atoms with Gasteiger partial charge in [0.05, 0.1) is 26.4 Å². The predicted molar refractivity (Wildman–Crippen MR) is 265 cm³/mol. The average Bonchev–Trinajstić information content (AvgIpc) is 3.28. The Morgan fingerprint density at radius 2 is 0.810 bits per heavy atom. The highest BCUT2D eigenvalue weighted by atomic mass is 31.2. The minimum atomic E-state index is -4.52. The van der Waals surface area contributed by atoms with Gasteiger partial charge < -0.3 is 24.6 Å². The van der Waals surface area contributed by atoms with Gasteiger partial charge in [-0.3, -0.25) is 13.8 Å². The summed E-state index contributed by atoms with van der Waals surface area (Å²) in [7, 11) is -4.52. The molecule has 0 saturated heterocycles. The SMILES string of the molecule is CCCCCCCCCC/C=C\CCCCCCCCCCCCCCOCC(COP(=O)(O)OCC(O)CO)OC(=O)CCCCCCCCCCCCCCCCCCCC. The molecule has 0 radical (unpaired) electrons. The van der Waals surface area contributed by atoms with Crippen LogP contribution >= 0.6 is 7.82 Å². The Hall–Kier alpha value is -0.800. The number of phosphoric ester groups is 1. The number of aliphatic hydroxyl groups excluding tert-OH is 2. The van der Waals surface area contributed by atoms with Crippen molar-refractivity contribution in [2.24, 2.45) is 0 Å². The maximum atomic E-state index is 12.7. The molecule has 376 valence electrons. The van der Waals surface area contributed by atoms with Crippen molar-refractivity contribution in [2.45, 2.75) is 289 Å². The third-order valence-corrected chi connectivity index (χ3v) is 13.2. The number of rotatable bonds is 53. The van der Waals surface area contributed by atoms with Gasteiger partial charge in [0.25, 0.3) is 0 Å². The quantitative estimate of drug-likeness (QED) is 0.0236. The van der Waals surface area contributed by atoms with Crippen LogP contribution in [0.4, 0.5) is 0 Å². The van der Waals surface area contributed by atoms with Gasteiger partial charge in [0.2, 0.25) is 0 Å². The summed E-state index contributed by atoms with van der Waals surface area (Å²) in [5.74, 6) is -0.375. The van der Waals surface area contributed by atoms with Crippen LogP contribution in [0.5, 0.6) is 0 Å². The number of carbonyl (C=O) groups excluding carboxylic acids is 1. The molecule has 0 amide bonds. The first-order chi connectivity index (χ1) is 30.8. The minimum absolute atomic E-state index is 0.0557. The molecule has 3 unspecified atom stereocenters. The summed E-state index contributed by atoms with van der Waals surface area (Å²) in [5, 5.41) is 18.4. The summed E-state index contributed by atoms with van der Waals surface area (Å²) in [4.78, 5) is 22.7. The van der Waals surface area contributed by atoms with Crippen LogP contribution < -0.4 is 0 Å². The van der Waals surface area contributed by atoms with Gasteiger partial charge in [-0.1, -0.05) is 244 Å². The van der Waals surface area contributed by atoms with Gasteiger partial charge in [-0.15, -0.1) is 0 Å². The fourth-order valence-electron chi connectivity index (χ4n) is 8.06. The second kappa shape index (κ2) is 50.6. The summed E-state index contributed by atoms with van der Waals surface area (Å²) in [6.45, 7) is 3.59. The number of esters is 1. The number of phosphoric acid groups is 1. The van der Waals surface area contributed by atoms with Crippen molar-refractivity contribution in [3.8, 4) is 0 Å². The van der Waals surface area contributed by atoms with Crippen molar-refractivity contribution in [2.75, 3.05) is 33.0 Å². The molecule has 0 fully saturated rings. The highest BCUT2D eigenvalue weighted by molar-refractivity contribution is 7.47. The maximum absolute atomic E-state index is 12.7. The van der Waals surface area contributed by atoms with Crippen molar-refractivity contribution >= 4 is 13.8 Å². The zero-order valence-electron chi connectivity index (χ0n) is 41.6. The van der Waals surface area contributed by atoms with E-state index in [1.807, 2.05) is 0 Å². The van der Waals surface area contributed by atoms with Crippen LogP contribution in [-0.4, -0.2) is 66.3 Å². The van der Waals surface area contributed by atoms with Gasteiger partial charge in [0, 0.05) is 13.0 Å². The molecule has 3 N–H and O–H groups in total. The average molecular weight is 917 g/mol. The molecular weight excluding hydrogens is 812 g/mol. The van der Waals surface area contributed by atoms with E-state index >= 15 is 0 Å². The third kappa shape index (κ3) is 50.5. The van der Waals surface area contributed by atoms with Crippen LogP contribution in [0.15, 0.2) is 12.2 Å². The molecule has 9 nitrogen and oxygen atoms in total. The van der Waals surface area contributed by atoms with Crippen LogP contribution in [0.2, 0.25) is 0 Å². The Morgan fingerprint density at radius 1 is 0.476 bits per heavy atom. The van der Waals surface area contributed by atoms with Gasteiger partial charge in [0.1, 0.15) is 12.2 Å². The Balaban J connectivity index is 3.98. The van der Waals surface area contributed by atoms with Crippen molar-refractivity contribution in [1.82, 2.24) is 0 Å². The first-order valence-corrected chi connectivity index (χ1v) is 28.7. The normalized spacial score (nSPS) is 13.8. The number of unbranched alkanes of at least 4 members (excludes halogenated alkanes) is 37. The van der Waals surface area contributed by atoms with Gasteiger partial charge in [-0.25, -0.2) is 4.57 Å². The summed E-state index contributed by atoms with van der Waals surface area (Å²) >= 11 is 0. The van der Waals surface area contributed by atoms with E-state index < -0.39 is 33.2 Å². The zero-order valence-corrected chi connectivity index (χ0v) is 42.5. The Bertz CT molecular complexity index is 996. The lowest BCUT2D eigenvalue weighted by molar-refractivity contribution is -0.154. The minimum Gasteiger partial charge on any atom is -0.457 e. The van der Waals surface area contributed by atoms with E-state index in [9.17, 15) is 19.4 Å². The molecule has 0 aliphatic rings. The molecule has 0 rings (SSSR count). The first-order valence-electron chi connectivity index (χ1n) is 27.2. The summed E-state index contributed by atoms with van der Waals surface area (Å²) in [6, 6.07) is 0. The lowest BCUT2D eigenvalue weighted by Gasteiger charge is -2.20. The van der Waals surface area contributed by atoms with E-state index in [2.05, 4.69) is 26.0 Å². The summed E-state index contributed by atoms with van der Waals surface area (Å²) < 4.78 is 33.6. The van der Waals surface area contributed by atoms with Crippen LogP contribution in [0, 0.1) is 0 Å². The molecule has 0 aromatic rings. The molecule has 63 heavy (non-hydrogen) atoms. The van der Waals surface area contributed by atoms with Gasteiger partial charge in [-0.2, -0.15) is 0 Å². The van der Waals surface area contributed by atoms with Crippen molar-refractivity contribution in [3.05, 3.63) is 12.2 Å². The second-order valence-corrected chi connectivity index (χ2v) is 20.1. The third-order valence-electron chi connectivity index (χ3n) is 12.2. The number of allylic oxidation sites excluding steroid dienone is 2. The van der Waals surface area contributed by atoms with E-state index in [0.717, 1.165) is 32.1 Å². The van der Waals surface area contributed by atoms with Crippen LogP contribution in [-0.2, 0) is 27.9 Å². The molecule has 0 aliphatic carbocycles. The molecule has 0 aromatic carbocycles. The first kappa shape index (κ1) is 62.2. The Labute approximate surface area is 390 Å². The lowest BCUT2D eigenvalue weighted by Crippen LogP contribution is -2.29. The van der Waals surface area contributed by atoms with Crippen LogP contribution in [0.25, 0.3) is 0 Å². The molecule has 0 aromatic heterocycles. The highest BCUT2D eigenvalue weighted by Crippen LogP contribution is 2.43. The van der Waals surface area contributed by atoms with Crippen molar-refractivity contribution in [3.63, 3.8) is 0 Å². The van der Waals surface area contributed by atoms with E-state index in [1.54, 1.807) is 0 Å². The largest absolute Gasteiger partial charge is 0.472 e. The molecular formula is C53H105O9P. The van der Waals surface area contributed by atoms with E-state index in [0.29, 0.717) is 6.61 Å². The highest BCUT2D eigenvalue weighted by Gasteiger charge is 2.26. The number of aliphatic hydroxyl groups is 2. The molecule has 0 saturated carbocycles. The smallest absolute Gasteiger partial charge is 0.457 e. The van der Waals surface area contributed by atoms with Crippen LogP contribution in [0.1, 0.15) is 277 Å².